The van der Waals surface area contributed by atoms with Crippen molar-refractivity contribution in [1.82, 2.24) is 9.88 Å². The summed E-state index contributed by atoms with van der Waals surface area (Å²) >= 11 is 0. The lowest BCUT2D eigenvalue weighted by atomic mass is 9.71. The predicted molar refractivity (Wildman–Crippen MR) is 105 cm³/mol. The number of carboxylic acids is 1. The van der Waals surface area contributed by atoms with E-state index < -0.39 is 12.0 Å². The lowest BCUT2D eigenvalue weighted by Gasteiger charge is -2.51. The normalized spacial score (nSPS) is 31.1. The van der Waals surface area contributed by atoms with Gasteiger partial charge in [0, 0.05) is 41.4 Å². The number of nitrogens with zero attached hydrogens (tertiary/aromatic N) is 1. The molecule has 1 aromatic carbocycles. The molecule has 1 aromatic heterocycles. The minimum Gasteiger partial charge on any atom is -0.497 e. The van der Waals surface area contributed by atoms with Gasteiger partial charge in [-0.1, -0.05) is 18.2 Å². The van der Waals surface area contributed by atoms with Crippen LogP contribution in [0, 0.1) is 11.8 Å². The first-order chi connectivity index (χ1) is 14.0. The van der Waals surface area contributed by atoms with E-state index in [1.165, 1.54) is 13.4 Å². The maximum Gasteiger partial charge on any atom is 0.337 e. The zero-order valence-electron chi connectivity index (χ0n) is 16.4. The van der Waals surface area contributed by atoms with Gasteiger partial charge >= 0.3 is 11.9 Å². The molecule has 5 atom stereocenters. The fraction of sp³-hybridized carbons (Fsp3) is 0.455. The number of para-hydroxylation sites is 1. The lowest BCUT2D eigenvalue weighted by molar-refractivity contribution is -0.150. The van der Waals surface area contributed by atoms with E-state index in [-0.39, 0.29) is 30.0 Å². The van der Waals surface area contributed by atoms with Gasteiger partial charge in [0.2, 0.25) is 0 Å². The molecule has 0 radical (unpaired) electrons. The van der Waals surface area contributed by atoms with Crippen LogP contribution in [0.2, 0.25) is 0 Å². The monoisotopic (exact) mass is 396 g/mol. The number of fused-ring (bicyclic) bond motifs is 6. The first-order valence-electron chi connectivity index (χ1n) is 10.0. The highest BCUT2D eigenvalue weighted by atomic mass is 16.5. The summed E-state index contributed by atoms with van der Waals surface area (Å²) < 4.78 is 10.7. The van der Waals surface area contributed by atoms with Gasteiger partial charge in [-0.3, -0.25) is 9.69 Å². The maximum absolute atomic E-state index is 12.4. The van der Waals surface area contributed by atoms with E-state index in [0.717, 1.165) is 22.2 Å². The van der Waals surface area contributed by atoms with Gasteiger partial charge in [-0.05, 0) is 25.0 Å². The van der Waals surface area contributed by atoms with Gasteiger partial charge in [-0.2, -0.15) is 0 Å². The average Bonchev–Trinajstić information content (AvgIpc) is 3.10. The van der Waals surface area contributed by atoms with E-state index in [1.54, 1.807) is 0 Å². The number of H-pyrrole nitrogens is 1. The third-order valence-electron chi connectivity index (χ3n) is 6.91. The maximum atomic E-state index is 12.4. The smallest absolute Gasteiger partial charge is 0.337 e. The van der Waals surface area contributed by atoms with Gasteiger partial charge in [0.1, 0.15) is 6.04 Å². The molecular weight excluding hydrogens is 372 g/mol. The molecule has 5 rings (SSSR count). The van der Waals surface area contributed by atoms with Crippen molar-refractivity contribution >= 4 is 22.8 Å². The molecule has 3 aliphatic heterocycles. The largest absolute Gasteiger partial charge is 0.497 e. The number of nitrogens with one attached hydrogen (secondary N) is 1. The number of aromatic nitrogens is 1. The van der Waals surface area contributed by atoms with Crippen molar-refractivity contribution in [3.8, 4) is 0 Å². The fourth-order valence-electron chi connectivity index (χ4n) is 5.46. The van der Waals surface area contributed by atoms with Crippen LogP contribution in [0.25, 0.3) is 10.9 Å². The van der Waals surface area contributed by atoms with Crippen LogP contribution in [-0.4, -0.2) is 52.7 Å². The summed E-state index contributed by atoms with van der Waals surface area (Å²) in [6.45, 7) is 2.55. The van der Waals surface area contributed by atoms with Crippen molar-refractivity contribution in [3.63, 3.8) is 0 Å². The molecule has 0 spiro atoms. The Morgan fingerprint density at radius 1 is 1.31 bits per heavy atom. The number of aliphatic carboxylic acids is 1. The molecule has 3 aliphatic rings. The predicted octanol–water partition coefficient (Wildman–Crippen LogP) is 2.63. The third-order valence-corrected chi connectivity index (χ3v) is 6.91. The Hall–Kier alpha value is -2.80. The van der Waals surface area contributed by atoms with Crippen LogP contribution < -0.4 is 0 Å². The SMILES string of the molecule is COC(=O)C1=COC(C)C2CN3C(C(=O)O)Cc4c([nH]c5ccccc45)C3CC12. The molecule has 4 heterocycles. The van der Waals surface area contributed by atoms with Crippen LogP contribution in [0.4, 0.5) is 0 Å². The zero-order valence-corrected chi connectivity index (χ0v) is 16.4. The molecule has 2 N–H and O–H groups in total. The molecule has 0 amide bonds. The first kappa shape index (κ1) is 18.2. The molecule has 0 aliphatic carbocycles. The molecule has 2 aromatic rings. The molecule has 1 saturated heterocycles. The minimum absolute atomic E-state index is 0.0285. The molecular formula is C22H24N2O5. The number of carbonyl (C=O) groups is 2. The number of carboxylic acid groups (broad SMARTS) is 1. The van der Waals surface area contributed by atoms with E-state index in [9.17, 15) is 14.7 Å². The second-order valence-corrected chi connectivity index (χ2v) is 8.25. The standard InChI is InChI=1S/C22H24N2O5/c1-11-15-9-24-18(7-13(15)16(10-29-11)22(27)28-2)20-14(8-19(24)21(25)26)12-5-3-4-6-17(12)23-20/h3-6,10-11,13,15,18-19,23H,7-9H2,1-2H3,(H,25,26). The first-order valence-corrected chi connectivity index (χ1v) is 10.0. The van der Waals surface area contributed by atoms with Crippen LogP contribution in [-0.2, 0) is 25.5 Å². The highest BCUT2D eigenvalue weighted by molar-refractivity contribution is 5.89. The number of benzene rings is 1. The molecule has 29 heavy (non-hydrogen) atoms. The van der Waals surface area contributed by atoms with Gasteiger partial charge in [0.15, 0.2) is 0 Å². The summed E-state index contributed by atoms with van der Waals surface area (Å²) in [4.78, 5) is 30.2. The van der Waals surface area contributed by atoms with E-state index in [4.69, 9.17) is 9.47 Å². The van der Waals surface area contributed by atoms with E-state index >= 15 is 0 Å². The number of piperidine rings is 1. The number of aromatic amines is 1. The van der Waals surface area contributed by atoms with Crippen molar-refractivity contribution < 1.29 is 24.2 Å². The van der Waals surface area contributed by atoms with E-state index in [2.05, 4.69) is 9.88 Å². The molecule has 7 heteroatoms. The molecule has 1 fully saturated rings. The van der Waals surface area contributed by atoms with Crippen molar-refractivity contribution in [3.05, 3.63) is 47.4 Å². The van der Waals surface area contributed by atoms with Gasteiger partial charge in [0.05, 0.1) is 31.1 Å². The number of ether oxygens (including phenoxy) is 2. The van der Waals surface area contributed by atoms with Crippen LogP contribution in [0.3, 0.4) is 0 Å². The highest BCUT2D eigenvalue weighted by Crippen LogP contribution is 2.49. The molecule has 152 valence electrons. The van der Waals surface area contributed by atoms with Gasteiger partial charge < -0.3 is 19.6 Å². The Balaban J connectivity index is 1.61. The van der Waals surface area contributed by atoms with Crippen molar-refractivity contribution in [2.24, 2.45) is 11.8 Å². The Kier molecular flexibility index (Phi) is 4.17. The molecule has 0 bridgehead atoms. The van der Waals surface area contributed by atoms with Crippen molar-refractivity contribution in [2.75, 3.05) is 13.7 Å². The fourth-order valence-corrected chi connectivity index (χ4v) is 5.46. The summed E-state index contributed by atoms with van der Waals surface area (Å²) in [6, 6.07) is 7.34. The minimum atomic E-state index is -0.808. The quantitative estimate of drug-likeness (QED) is 0.759. The Morgan fingerprint density at radius 2 is 2.10 bits per heavy atom. The van der Waals surface area contributed by atoms with Crippen LogP contribution >= 0.6 is 0 Å². The number of methoxy groups -OCH3 is 1. The summed E-state index contributed by atoms with van der Waals surface area (Å²) in [5.41, 5.74) is 3.72. The molecule has 5 unspecified atom stereocenters. The van der Waals surface area contributed by atoms with Crippen molar-refractivity contribution in [1.29, 1.82) is 0 Å². The van der Waals surface area contributed by atoms with Crippen LogP contribution in [0.15, 0.2) is 36.1 Å². The average molecular weight is 396 g/mol. The topological polar surface area (TPSA) is 91.9 Å². The number of hydrogen-bond acceptors (Lipinski definition) is 5. The van der Waals surface area contributed by atoms with E-state index in [1.807, 2.05) is 31.2 Å². The zero-order chi connectivity index (χ0) is 20.3. The van der Waals surface area contributed by atoms with Crippen LogP contribution in [0.1, 0.15) is 30.6 Å². The summed E-state index contributed by atoms with van der Waals surface area (Å²) in [5, 5.41) is 11.1. The highest BCUT2D eigenvalue weighted by Gasteiger charge is 2.50. The Morgan fingerprint density at radius 3 is 2.86 bits per heavy atom. The Bertz CT molecular complexity index is 1030. The van der Waals surface area contributed by atoms with Crippen LogP contribution in [0.5, 0.6) is 0 Å². The van der Waals surface area contributed by atoms with Gasteiger partial charge in [0.25, 0.3) is 0 Å². The lowest BCUT2D eigenvalue weighted by Crippen LogP contribution is -2.57. The van der Waals surface area contributed by atoms with Gasteiger partial charge in [-0.15, -0.1) is 0 Å². The second kappa shape index (κ2) is 6.62. The third kappa shape index (κ3) is 2.68. The number of carbonyl (C=O) groups excluding carboxylic acids is 1. The number of rotatable bonds is 2. The van der Waals surface area contributed by atoms with E-state index in [0.29, 0.717) is 25.0 Å². The number of hydrogen-bond donors (Lipinski definition) is 2. The molecule has 7 nitrogen and oxygen atoms in total. The summed E-state index contributed by atoms with van der Waals surface area (Å²) in [5.74, 6) is -1.17. The second-order valence-electron chi connectivity index (χ2n) is 8.25. The summed E-state index contributed by atoms with van der Waals surface area (Å²) in [6.07, 6.45) is 2.57. The number of esters is 1. The van der Waals surface area contributed by atoms with Gasteiger partial charge in [-0.25, -0.2) is 4.79 Å². The van der Waals surface area contributed by atoms with Crippen molar-refractivity contribution in [2.45, 2.75) is 38.0 Å². The molecule has 0 saturated carbocycles. The Labute approximate surface area is 168 Å². The summed E-state index contributed by atoms with van der Waals surface area (Å²) in [7, 11) is 1.38.